The summed E-state index contributed by atoms with van der Waals surface area (Å²) in [6.07, 6.45) is 26.0. The van der Waals surface area contributed by atoms with E-state index < -0.39 is 0 Å². The molecule has 0 radical (unpaired) electrons. The van der Waals surface area contributed by atoms with E-state index in [2.05, 4.69) is 390 Å². The van der Waals surface area contributed by atoms with Gasteiger partial charge < -0.3 is 23.7 Å². The predicted molar refractivity (Wildman–Crippen MR) is 579 cm³/mol. The number of fused-ring (bicyclic) bond motifs is 3. The molecule has 17 aromatic rings. The van der Waals surface area contributed by atoms with Crippen molar-refractivity contribution in [1.29, 1.82) is 0 Å². The first-order chi connectivity index (χ1) is 65.7. The number of aromatic nitrogens is 1. The fourth-order valence-electron chi connectivity index (χ4n) is 14.7. The van der Waals surface area contributed by atoms with E-state index in [0.717, 1.165) is 42.1 Å². The van der Waals surface area contributed by atoms with Gasteiger partial charge in [0, 0.05) is 47.7 Å². The molecule has 0 unspecified atom stereocenters. The Morgan fingerprint density at radius 3 is 1.32 bits per heavy atom. The van der Waals surface area contributed by atoms with Crippen LogP contribution in [0.3, 0.4) is 0 Å². The van der Waals surface area contributed by atoms with Crippen LogP contribution in [0.15, 0.2) is 418 Å². The van der Waals surface area contributed by atoms with Crippen molar-refractivity contribution in [3.63, 3.8) is 0 Å². The smallest absolute Gasteiger partial charge is 0.189 e. The molecule has 3 aliphatic rings. The third kappa shape index (κ3) is 37.1. The molecule has 0 saturated heterocycles. The zero-order chi connectivity index (χ0) is 95.6. The van der Waals surface area contributed by atoms with E-state index in [1.165, 1.54) is 167 Å². The zero-order valence-electron chi connectivity index (χ0n) is 82.1. The maximum Gasteiger partial charge on any atom is 0.189 e. The summed E-state index contributed by atoms with van der Waals surface area (Å²) in [6.45, 7) is 32.8. The largest absolute Gasteiger partial charge is 0.494 e. The Hall–Kier alpha value is -14.0. The predicted octanol–water partition coefficient (Wildman–Crippen LogP) is 33.5. The first-order valence-electron chi connectivity index (χ1n) is 46.8. The van der Waals surface area contributed by atoms with Crippen molar-refractivity contribution in [2.75, 3.05) is 46.9 Å². The third-order valence-corrected chi connectivity index (χ3v) is 22.6. The maximum atomic E-state index is 5.39. The number of pyridine rings is 1. The average molecular weight is 1830 g/mol. The molecule has 0 spiro atoms. The Labute approximate surface area is 822 Å². The molecule has 0 fully saturated rings. The van der Waals surface area contributed by atoms with Gasteiger partial charge in [0.1, 0.15) is 11.5 Å². The Balaban J connectivity index is 0.000000170. The van der Waals surface area contributed by atoms with Gasteiger partial charge in [0.25, 0.3) is 0 Å². The first kappa shape index (κ1) is 106. The van der Waals surface area contributed by atoms with Gasteiger partial charge in [0.15, 0.2) is 6.79 Å². The minimum atomic E-state index is 0. The fourth-order valence-corrected chi connectivity index (χ4v) is 14.7. The standard InChI is InChI=1S/C19H16.C17H12.C15H14.C15H12.C14H12.C13H20O4.C10H14.C9H12O.C6H7N.C6H8.C5H6.Fe/c1-15-7-9-17(10-8-15)19-13-11-18(12-14-19)16-5-3-2-4-6-16;1-11-5-6-14-8-7-12-3-2-4-13-9-10-15(11)17(14)16(12)13;2*1-13-7-9-15(10-8-13)12-11-14-5-3-2-4-6-14;1-10-6-7-14-12(8-10)9-11-4-2-3-5-13(11)14;1-12-3-5-13(6-4-12)17-11-16-10-9-15-8-7-14-2;1-7-5-8(2)10(4)9(3)6-7;1-3-10-9-6-4-8(2)5-7-9;1-6-3-2-4-7-5-6;1-6-4-2-3-5-6;1-2-4-5-3-1;/h2-14H,1H3;2-10H,1H3;2-12H,1H3;2-10H,1H3;2-8H,9H2,1H3;3-6H,7-11H2,1-2H3;5-6H,1-4H3;4-7H,3H2,1-2H3;2-5H,1H3;2-4H,5H2,1H3;1-4H,5H2;/b;;12-11+;;;;;;;;;. The quantitative estimate of drug-likeness (QED) is 0.0255. The van der Waals surface area contributed by atoms with Gasteiger partial charge in [-0.1, -0.05) is 414 Å². The van der Waals surface area contributed by atoms with Gasteiger partial charge in [-0.05, 0) is 287 Å². The SMILES string of the molecule is C1=CCC=C1.CC1=CC=CC1.CCOc1ccc(C)cc1.COCCOCCOCOc1ccc(C)cc1.Cc1cc(C)c(C)c(C)c1.Cc1ccc(-c2ccc(-c3ccccc3)cc2)cc1.Cc1ccc(/C=C/c2ccccc2)cc1.Cc1ccc(C#Cc2ccccc2)cc1.Cc1ccc2c(c1)Cc1ccccc1-2.Cc1ccc2ccc3cccc4ccc1c2c34.Cc1cccnc1.[Fe]. The van der Waals surface area contributed by atoms with E-state index >= 15 is 0 Å². The van der Waals surface area contributed by atoms with E-state index in [9.17, 15) is 0 Å². The van der Waals surface area contributed by atoms with Gasteiger partial charge in [-0.15, -0.1) is 0 Å². The third-order valence-electron chi connectivity index (χ3n) is 22.6. The summed E-state index contributed by atoms with van der Waals surface area (Å²) in [4.78, 5) is 3.88. The molecule has 0 amide bonds. The van der Waals surface area contributed by atoms with Crippen molar-refractivity contribution in [3.05, 3.63) is 519 Å². The number of rotatable bonds is 15. The topological polar surface area (TPSA) is 59.0 Å². The second-order valence-electron chi connectivity index (χ2n) is 33.8. The normalized spacial score (nSPS) is 11.0. The minimum absolute atomic E-state index is 0. The van der Waals surface area contributed by atoms with Gasteiger partial charge >= 0.3 is 0 Å². The first-order valence-corrected chi connectivity index (χ1v) is 46.8. The number of aryl methyl sites for hydroxylation is 11. The van der Waals surface area contributed by atoms with Gasteiger partial charge in [-0.3, -0.25) is 4.98 Å². The number of ether oxygens (including phenoxy) is 5. The molecule has 7 heteroatoms. The summed E-state index contributed by atoms with van der Waals surface area (Å²) < 4.78 is 26.0. The molecule has 16 aromatic carbocycles. The van der Waals surface area contributed by atoms with Crippen molar-refractivity contribution in [2.24, 2.45) is 0 Å². The molecular weight excluding hydrogens is 1700 g/mol. The van der Waals surface area contributed by atoms with Crippen LogP contribution in [0.25, 0.3) is 77.9 Å². The minimum Gasteiger partial charge on any atom is -0.494 e. The van der Waals surface area contributed by atoms with Crippen LogP contribution in [0.2, 0.25) is 0 Å². The van der Waals surface area contributed by atoms with Crippen molar-refractivity contribution >= 4 is 44.5 Å². The number of allylic oxidation sites excluding steroid dienone is 8. The molecule has 6 nitrogen and oxygen atoms in total. The van der Waals surface area contributed by atoms with Crippen LogP contribution < -0.4 is 9.47 Å². The van der Waals surface area contributed by atoms with Crippen LogP contribution >= 0.6 is 0 Å². The van der Waals surface area contributed by atoms with E-state index in [4.69, 9.17) is 23.7 Å². The second kappa shape index (κ2) is 58.9. The molecule has 1 heterocycles. The van der Waals surface area contributed by atoms with Crippen molar-refractivity contribution < 1.29 is 40.8 Å². The molecule has 136 heavy (non-hydrogen) atoms. The van der Waals surface area contributed by atoms with Gasteiger partial charge in [-0.25, -0.2) is 0 Å². The molecule has 20 rings (SSSR count). The number of benzene rings is 16. The molecule has 1 aromatic heterocycles. The molecular formula is C129H133FeNO5. The van der Waals surface area contributed by atoms with Crippen molar-refractivity contribution in [1.82, 2.24) is 4.98 Å². The van der Waals surface area contributed by atoms with Crippen LogP contribution in [0, 0.1) is 94.9 Å². The summed E-state index contributed by atoms with van der Waals surface area (Å²) in [7, 11) is 1.65. The van der Waals surface area contributed by atoms with Crippen LogP contribution in [-0.4, -0.2) is 51.9 Å². The van der Waals surface area contributed by atoms with E-state index in [-0.39, 0.29) is 23.9 Å². The molecule has 3 aliphatic carbocycles. The number of methoxy groups -OCH3 is 1. The van der Waals surface area contributed by atoms with E-state index in [0.29, 0.717) is 26.4 Å². The summed E-state index contributed by atoms with van der Waals surface area (Å²) in [5.41, 5.74) is 32.7. The Bertz CT molecular complexity index is 6520. The molecule has 0 bridgehead atoms. The zero-order valence-corrected chi connectivity index (χ0v) is 83.2. The molecule has 0 atom stereocenters. The fraction of sp³-hybridized carbons (Fsp3) is 0.186. The van der Waals surface area contributed by atoms with Gasteiger partial charge in [0.05, 0.1) is 33.0 Å². The Kier molecular flexibility index (Phi) is 45.7. The Morgan fingerprint density at radius 2 is 0.801 bits per heavy atom. The second-order valence-corrected chi connectivity index (χ2v) is 33.8. The monoisotopic (exact) mass is 1830 g/mol. The summed E-state index contributed by atoms with van der Waals surface area (Å²) in [5.74, 6) is 8.04. The molecule has 692 valence electrons. The Morgan fingerprint density at radius 1 is 0.338 bits per heavy atom. The summed E-state index contributed by atoms with van der Waals surface area (Å²) in [6, 6.07) is 125. The van der Waals surface area contributed by atoms with Crippen molar-refractivity contribution in [2.45, 2.75) is 116 Å². The molecule has 0 saturated carbocycles. The maximum absolute atomic E-state index is 5.39. The summed E-state index contributed by atoms with van der Waals surface area (Å²) in [5, 5.41) is 8.23. The summed E-state index contributed by atoms with van der Waals surface area (Å²) >= 11 is 0. The average Bonchev–Trinajstić information content (AvgIpc) is 0.996. The van der Waals surface area contributed by atoms with E-state index in [1.807, 2.05) is 142 Å². The number of hydrogen-bond acceptors (Lipinski definition) is 6. The van der Waals surface area contributed by atoms with Crippen molar-refractivity contribution in [3.8, 4) is 56.7 Å². The molecule has 0 N–H and O–H groups in total. The van der Waals surface area contributed by atoms with Crippen LogP contribution in [-0.2, 0) is 37.7 Å². The number of hydrogen-bond donors (Lipinski definition) is 0. The molecule has 0 aliphatic heterocycles. The van der Waals surface area contributed by atoms with Gasteiger partial charge in [-0.2, -0.15) is 0 Å². The van der Waals surface area contributed by atoms with E-state index in [1.54, 1.807) is 13.3 Å². The van der Waals surface area contributed by atoms with Gasteiger partial charge in [0.2, 0.25) is 0 Å². The van der Waals surface area contributed by atoms with Crippen LogP contribution in [0.5, 0.6) is 11.5 Å². The van der Waals surface area contributed by atoms with Crippen LogP contribution in [0.4, 0.5) is 0 Å². The number of nitrogens with zero attached hydrogens (tertiary/aromatic N) is 1. The van der Waals surface area contributed by atoms with Crippen LogP contribution in [0.1, 0.15) is 127 Å².